The molecular weight excluding hydrogens is 409 g/mol. The van der Waals surface area contributed by atoms with E-state index in [2.05, 4.69) is 37.2 Å². The fraction of sp³-hybridized carbons (Fsp3) is 0.0714. The van der Waals surface area contributed by atoms with Crippen molar-refractivity contribution < 1.29 is 9.53 Å². The quantitative estimate of drug-likeness (QED) is 0.749. The average molecular weight is 420 g/mol. The van der Waals surface area contributed by atoms with E-state index in [4.69, 9.17) is 16.3 Å². The Labute approximate surface area is 138 Å². The number of halogens is 3. The summed E-state index contributed by atoms with van der Waals surface area (Å²) in [6, 6.07) is 10.4. The van der Waals surface area contributed by atoms with Gasteiger partial charge < -0.3 is 10.1 Å². The summed E-state index contributed by atoms with van der Waals surface area (Å²) in [7, 11) is 1.57. The minimum atomic E-state index is -0.242. The Bertz CT molecular complexity index is 662. The molecule has 0 unspecified atom stereocenters. The van der Waals surface area contributed by atoms with Gasteiger partial charge in [-0.2, -0.15) is 0 Å². The van der Waals surface area contributed by atoms with Crippen molar-refractivity contribution in [3.63, 3.8) is 0 Å². The number of methoxy groups -OCH3 is 1. The molecule has 104 valence electrons. The molecule has 0 radical (unpaired) electrons. The monoisotopic (exact) mass is 417 g/mol. The average Bonchev–Trinajstić information content (AvgIpc) is 2.42. The van der Waals surface area contributed by atoms with Crippen LogP contribution >= 0.6 is 43.5 Å². The predicted molar refractivity (Wildman–Crippen MR) is 87.8 cm³/mol. The van der Waals surface area contributed by atoms with E-state index in [1.54, 1.807) is 37.4 Å². The van der Waals surface area contributed by atoms with Gasteiger partial charge in [-0.25, -0.2) is 0 Å². The summed E-state index contributed by atoms with van der Waals surface area (Å²) in [5, 5.41) is 3.25. The molecule has 1 N–H and O–H groups in total. The standard InChI is InChI=1S/C14H10Br2ClNO2/c1-20-13-5-2-8(6-10(13)16)14(19)18-12-7-9(15)3-4-11(12)17/h2-7H,1H3,(H,18,19). The largest absolute Gasteiger partial charge is 0.496 e. The van der Waals surface area contributed by atoms with Crippen LogP contribution in [0.25, 0.3) is 0 Å². The number of rotatable bonds is 3. The third-order valence-corrected chi connectivity index (χ3v) is 4.03. The molecule has 0 atom stereocenters. The van der Waals surface area contributed by atoms with Crippen molar-refractivity contribution in [1.29, 1.82) is 0 Å². The lowest BCUT2D eigenvalue weighted by Gasteiger charge is -2.09. The van der Waals surface area contributed by atoms with Crippen LogP contribution in [-0.2, 0) is 0 Å². The maximum absolute atomic E-state index is 12.2. The second-order valence-corrected chi connectivity index (χ2v) is 6.10. The van der Waals surface area contributed by atoms with Crippen LogP contribution in [0.3, 0.4) is 0 Å². The maximum Gasteiger partial charge on any atom is 0.255 e. The van der Waals surface area contributed by atoms with E-state index in [-0.39, 0.29) is 5.91 Å². The minimum absolute atomic E-state index is 0.242. The van der Waals surface area contributed by atoms with Crippen molar-refractivity contribution in [2.24, 2.45) is 0 Å². The molecular formula is C14H10Br2ClNO2. The normalized spacial score (nSPS) is 10.2. The zero-order valence-electron chi connectivity index (χ0n) is 10.4. The Kier molecular flexibility index (Phi) is 5.07. The highest BCUT2D eigenvalue weighted by Crippen LogP contribution is 2.28. The van der Waals surface area contributed by atoms with Crippen molar-refractivity contribution in [2.45, 2.75) is 0 Å². The molecule has 0 saturated heterocycles. The molecule has 0 saturated carbocycles. The molecule has 0 aliphatic heterocycles. The first-order valence-electron chi connectivity index (χ1n) is 5.61. The summed E-state index contributed by atoms with van der Waals surface area (Å²) >= 11 is 12.7. The maximum atomic E-state index is 12.2. The van der Waals surface area contributed by atoms with Gasteiger partial charge in [0.15, 0.2) is 0 Å². The zero-order valence-corrected chi connectivity index (χ0v) is 14.3. The number of nitrogens with one attached hydrogen (secondary N) is 1. The Morgan fingerprint density at radius 2 is 1.95 bits per heavy atom. The van der Waals surface area contributed by atoms with Crippen molar-refractivity contribution in [3.8, 4) is 5.75 Å². The van der Waals surface area contributed by atoms with Gasteiger partial charge in [0.25, 0.3) is 5.91 Å². The first-order chi connectivity index (χ1) is 9.51. The molecule has 0 aliphatic carbocycles. The van der Waals surface area contributed by atoms with Crippen LogP contribution in [0.5, 0.6) is 5.75 Å². The third-order valence-electron chi connectivity index (χ3n) is 2.59. The highest BCUT2D eigenvalue weighted by molar-refractivity contribution is 9.10. The Hall–Kier alpha value is -1.04. The molecule has 1 amide bonds. The first kappa shape index (κ1) is 15.4. The highest BCUT2D eigenvalue weighted by Gasteiger charge is 2.11. The van der Waals surface area contributed by atoms with E-state index < -0.39 is 0 Å². The molecule has 3 nitrogen and oxygen atoms in total. The molecule has 2 aromatic carbocycles. The van der Waals surface area contributed by atoms with Gasteiger partial charge >= 0.3 is 0 Å². The Balaban J connectivity index is 2.24. The van der Waals surface area contributed by atoms with Crippen LogP contribution in [0.15, 0.2) is 45.3 Å². The number of amides is 1. The van der Waals surface area contributed by atoms with Gasteiger partial charge in [-0.15, -0.1) is 0 Å². The van der Waals surface area contributed by atoms with Gasteiger partial charge in [0, 0.05) is 10.0 Å². The Morgan fingerprint density at radius 3 is 2.60 bits per heavy atom. The van der Waals surface area contributed by atoms with E-state index in [0.717, 1.165) is 4.47 Å². The van der Waals surface area contributed by atoms with Gasteiger partial charge in [0.1, 0.15) is 5.75 Å². The summed E-state index contributed by atoms with van der Waals surface area (Å²) in [5.41, 5.74) is 1.06. The van der Waals surface area contributed by atoms with Gasteiger partial charge in [-0.1, -0.05) is 27.5 Å². The van der Waals surface area contributed by atoms with E-state index in [1.807, 2.05) is 6.07 Å². The highest BCUT2D eigenvalue weighted by atomic mass is 79.9. The van der Waals surface area contributed by atoms with Gasteiger partial charge in [0.05, 0.1) is 22.3 Å². The number of carbonyl (C=O) groups excluding carboxylic acids is 1. The van der Waals surface area contributed by atoms with Crippen LogP contribution in [0.2, 0.25) is 5.02 Å². The molecule has 0 heterocycles. The second kappa shape index (κ2) is 6.61. The van der Waals surface area contributed by atoms with E-state index in [1.165, 1.54) is 0 Å². The molecule has 0 fully saturated rings. The molecule has 0 bridgehead atoms. The summed E-state index contributed by atoms with van der Waals surface area (Å²) in [4.78, 5) is 12.2. The van der Waals surface area contributed by atoms with E-state index in [9.17, 15) is 4.79 Å². The summed E-state index contributed by atoms with van der Waals surface area (Å²) < 4.78 is 6.68. The van der Waals surface area contributed by atoms with Crippen molar-refractivity contribution in [1.82, 2.24) is 0 Å². The third kappa shape index (κ3) is 3.53. The lowest BCUT2D eigenvalue weighted by Crippen LogP contribution is -2.12. The molecule has 6 heteroatoms. The predicted octanol–water partition coefficient (Wildman–Crippen LogP) is 5.13. The topological polar surface area (TPSA) is 38.3 Å². The molecule has 20 heavy (non-hydrogen) atoms. The van der Waals surface area contributed by atoms with Gasteiger partial charge in [-0.05, 0) is 52.3 Å². The van der Waals surface area contributed by atoms with Crippen LogP contribution in [0.1, 0.15) is 10.4 Å². The number of carbonyl (C=O) groups is 1. The number of ether oxygens (including phenoxy) is 1. The second-order valence-electron chi connectivity index (χ2n) is 3.93. The Morgan fingerprint density at radius 1 is 1.20 bits per heavy atom. The minimum Gasteiger partial charge on any atom is -0.496 e. The fourth-order valence-electron chi connectivity index (χ4n) is 1.60. The number of hydrogen-bond donors (Lipinski definition) is 1. The van der Waals surface area contributed by atoms with Crippen LogP contribution in [0, 0.1) is 0 Å². The van der Waals surface area contributed by atoms with Crippen LogP contribution in [-0.4, -0.2) is 13.0 Å². The van der Waals surface area contributed by atoms with Crippen molar-refractivity contribution in [2.75, 3.05) is 12.4 Å². The zero-order chi connectivity index (χ0) is 14.7. The number of anilines is 1. The number of benzene rings is 2. The molecule has 2 aromatic rings. The lowest BCUT2D eigenvalue weighted by atomic mass is 10.2. The molecule has 0 aliphatic rings. The van der Waals surface area contributed by atoms with E-state index in [0.29, 0.717) is 26.5 Å². The summed E-state index contributed by atoms with van der Waals surface area (Å²) in [6.45, 7) is 0. The summed E-state index contributed by atoms with van der Waals surface area (Å²) in [5.74, 6) is 0.426. The SMILES string of the molecule is COc1ccc(C(=O)Nc2cc(Br)ccc2Cl)cc1Br. The number of hydrogen-bond acceptors (Lipinski definition) is 2. The van der Waals surface area contributed by atoms with E-state index >= 15 is 0 Å². The molecule has 2 rings (SSSR count). The van der Waals surface area contributed by atoms with Gasteiger partial charge in [-0.3, -0.25) is 4.79 Å². The van der Waals surface area contributed by atoms with Crippen LogP contribution in [0.4, 0.5) is 5.69 Å². The van der Waals surface area contributed by atoms with Crippen molar-refractivity contribution in [3.05, 3.63) is 55.9 Å². The fourth-order valence-corrected chi connectivity index (χ4v) is 2.66. The van der Waals surface area contributed by atoms with Gasteiger partial charge in [0.2, 0.25) is 0 Å². The summed E-state index contributed by atoms with van der Waals surface area (Å²) in [6.07, 6.45) is 0. The smallest absolute Gasteiger partial charge is 0.255 e. The molecule has 0 aromatic heterocycles. The van der Waals surface area contributed by atoms with Crippen molar-refractivity contribution >= 4 is 55.1 Å². The first-order valence-corrected chi connectivity index (χ1v) is 7.57. The van der Waals surface area contributed by atoms with Crippen LogP contribution < -0.4 is 10.1 Å². The lowest BCUT2D eigenvalue weighted by molar-refractivity contribution is 0.102. The molecule has 0 spiro atoms.